The molecule has 0 fully saturated rings. The lowest BCUT2D eigenvalue weighted by Gasteiger charge is -2.11. The quantitative estimate of drug-likeness (QED) is 0.342. The Hall–Kier alpha value is -0.990. The maximum absolute atomic E-state index is 13.2. The monoisotopic (exact) mass is 391 g/mol. The first-order chi connectivity index (χ1) is 10.6. The number of hydrogen-bond acceptors (Lipinski definition) is 3. The van der Waals surface area contributed by atoms with Gasteiger partial charge in [-0.25, -0.2) is 13.2 Å². The zero-order valence-corrected chi connectivity index (χ0v) is 13.6. The molecule has 126 valence electrons. The SMILES string of the molecule is Cc1cc(Cl)c(-c2cc(C(F)(F)Cl)on2)cc1SC(F)C(F)F. The minimum Gasteiger partial charge on any atom is -0.353 e. The van der Waals surface area contributed by atoms with E-state index in [0.29, 0.717) is 17.3 Å². The van der Waals surface area contributed by atoms with Crippen molar-refractivity contribution in [3.63, 3.8) is 0 Å². The van der Waals surface area contributed by atoms with Gasteiger partial charge in [0.25, 0.3) is 6.43 Å². The molecule has 0 aliphatic carbocycles. The number of aryl methyl sites for hydroxylation is 1. The average Bonchev–Trinajstić information content (AvgIpc) is 2.91. The summed E-state index contributed by atoms with van der Waals surface area (Å²) in [6.45, 7) is 1.55. The van der Waals surface area contributed by atoms with Gasteiger partial charge in [-0.05, 0) is 36.2 Å². The zero-order chi connectivity index (χ0) is 17.4. The second-order valence-corrected chi connectivity index (χ2v) is 6.48. The van der Waals surface area contributed by atoms with Gasteiger partial charge in [0.15, 0.2) is 0 Å². The van der Waals surface area contributed by atoms with Gasteiger partial charge in [0.2, 0.25) is 11.3 Å². The van der Waals surface area contributed by atoms with Gasteiger partial charge in [-0.15, -0.1) is 0 Å². The highest BCUT2D eigenvalue weighted by molar-refractivity contribution is 7.99. The third-order valence-corrected chi connectivity index (χ3v) is 4.39. The van der Waals surface area contributed by atoms with Crippen LogP contribution < -0.4 is 0 Å². The summed E-state index contributed by atoms with van der Waals surface area (Å²) in [7, 11) is 0. The van der Waals surface area contributed by atoms with Crippen LogP contribution >= 0.6 is 35.0 Å². The molecule has 0 aliphatic heterocycles. The van der Waals surface area contributed by atoms with Crippen LogP contribution in [0.1, 0.15) is 11.3 Å². The molecule has 1 aromatic carbocycles. The molecule has 0 N–H and O–H groups in total. The van der Waals surface area contributed by atoms with Crippen molar-refractivity contribution >= 4 is 35.0 Å². The van der Waals surface area contributed by atoms with Crippen molar-refractivity contribution in [3.8, 4) is 11.3 Å². The summed E-state index contributed by atoms with van der Waals surface area (Å²) in [5, 5.41) is -0.204. The van der Waals surface area contributed by atoms with E-state index >= 15 is 0 Å². The van der Waals surface area contributed by atoms with E-state index in [4.69, 9.17) is 23.2 Å². The predicted molar refractivity (Wildman–Crippen MR) is 78.2 cm³/mol. The van der Waals surface area contributed by atoms with Crippen molar-refractivity contribution in [1.29, 1.82) is 0 Å². The number of aromatic nitrogens is 1. The number of hydrogen-bond donors (Lipinski definition) is 0. The predicted octanol–water partition coefficient (Wildman–Crippen LogP) is 6.24. The summed E-state index contributed by atoms with van der Waals surface area (Å²) >= 11 is 11.1. The molecule has 23 heavy (non-hydrogen) atoms. The Balaban J connectivity index is 2.41. The van der Waals surface area contributed by atoms with Gasteiger partial charge in [0.05, 0.1) is 5.02 Å². The van der Waals surface area contributed by atoms with E-state index in [9.17, 15) is 22.0 Å². The van der Waals surface area contributed by atoms with Gasteiger partial charge in [-0.1, -0.05) is 28.5 Å². The smallest absolute Gasteiger partial charge is 0.353 e. The highest BCUT2D eigenvalue weighted by Gasteiger charge is 2.34. The number of rotatable bonds is 5. The van der Waals surface area contributed by atoms with Crippen molar-refractivity contribution in [3.05, 3.63) is 34.5 Å². The molecular weight excluding hydrogens is 384 g/mol. The fraction of sp³-hybridized carbons (Fsp3) is 0.308. The molecule has 0 amide bonds. The fourth-order valence-electron chi connectivity index (χ4n) is 1.68. The van der Waals surface area contributed by atoms with Crippen molar-refractivity contribution in [1.82, 2.24) is 5.16 Å². The first-order valence-electron chi connectivity index (χ1n) is 6.03. The van der Waals surface area contributed by atoms with Crippen LogP contribution in [-0.4, -0.2) is 17.1 Å². The zero-order valence-electron chi connectivity index (χ0n) is 11.3. The molecule has 10 heteroatoms. The summed E-state index contributed by atoms with van der Waals surface area (Å²) in [5.74, 6) is -0.893. The summed E-state index contributed by atoms with van der Waals surface area (Å²) in [4.78, 5) is 0.180. The Labute approximate surface area is 141 Å². The molecule has 2 rings (SSSR count). The number of benzene rings is 1. The molecule has 1 aromatic heterocycles. The second-order valence-electron chi connectivity index (χ2n) is 4.48. The minimum absolute atomic E-state index is 0.0698. The summed E-state index contributed by atoms with van der Waals surface area (Å²) in [5.41, 5.74) is -1.90. The molecule has 0 radical (unpaired) electrons. The second kappa shape index (κ2) is 6.86. The lowest BCUT2D eigenvalue weighted by molar-refractivity contribution is 0.0610. The Bertz CT molecular complexity index is 704. The lowest BCUT2D eigenvalue weighted by atomic mass is 10.1. The first-order valence-corrected chi connectivity index (χ1v) is 7.66. The van der Waals surface area contributed by atoms with E-state index in [-0.39, 0.29) is 21.2 Å². The Morgan fingerprint density at radius 2 is 1.87 bits per heavy atom. The standard InChI is InChI=1S/C13H8Cl2F5NOS/c1-5-2-7(14)6(3-9(5)23-12(18)11(16)17)8-4-10(22-21-8)13(15,19)20/h2-4,11-12H,1H3. The van der Waals surface area contributed by atoms with Gasteiger partial charge in [-0.3, -0.25) is 0 Å². The molecule has 0 saturated carbocycles. The largest absolute Gasteiger partial charge is 0.382 e. The van der Waals surface area contributed by atoms with Crippen molar-refractivity contribution in [2.24, 2.45) is 0 Å². The van der Waals surface area contributed by atoms with Gasteiger partial charge in [0.1, 0.15) is 5.69 Å². The van der Waals surface area contributed by atoms with E-state index in [1.165, 1.54) is 12.1 Å². The van der Waals surface area contributed by atoms with Gasteiger partial charge in [-0.2, -0.15) is 8.78 Å². The number of halogens is 7. The van der Waals surface area contributed by atoms with E-state index in [2.05, 4.69) is 9.68 Å². The molecule has 1 heterocycles. The molecule has 1 unspecified atom stereocenters. The normalized spacial score (nSPS) is 13.6. The Morgan fingerprint density at radius 3 is 2.39 bits per heavy atom. The summed E-state index contributed by atoms with van der Waals surface area (Å²) in [6, 6.07) is 3.55. The van der Waals surface area contributed by atoms with E-state index in [1.54, 1.807) is 6.92 Å². The Kier molecular flexibility index (Phi) is 5.48. The molecule has 2 nitrogen and oxygen atoms in total. The Morgan fingerprint density at radius 1 is 1.22 bits per heavy atom. The topological polar surface area (TPSA) is 26.0 Å². The summed E-state index contributed by atoms with van der Waals surface area (Å²) in [6.07, 6.45) is -3.16. The summed E-state index contributed by atoms with van der Waals surface area (Å²) < 4.78 is 68.2. The van der Waals surface area contributed by atoms with Crippen LogP contribution in [0, 0.1) is 6.92 Å². The maximum Gasteiger partial charge on any atom is 0.382 e. The van der Waals surface area contributed by atoms with E-state index < -0.39 is 23.1 Å². The number of alkyl halides is 6. The highest BCUT2D eigenvalue weighted by atomic mass is 35.5. The minimum atomic E-state index is -3.75. The molecule has 0 bridgehead atoms. The molecule has 1 atom stereocenters. The van der Waals surface area contributed by atoms with Crippen LogP contribution in [-0.2, 0) is 5.38 Å². The molecule has 0 aliphatic rings. The van der Waals surface area contributed by atoms with Crippen LogP contribution in [0.15, 0.2) is 27.6 Å². The van der Waals surface area contributed by atoms with Crippen LogP contribution in [0.2, 0.25) is 5.02 Å². The first kappa shape index (κ1) is 18.4. The third kappa shape index (κ3) is 4.30. The molecule has 2 aromatic rings. The van der Waals surface area contributed by atoms with E-state index in [0.717, 1.165) is 6.07 Å². The highest BCUT2D eigenvalue weighted by Crippen LogP contribution is 2.39. The van der Waals surface area contributed by atoms with Crippen LogP contribution in [0.3, 0.4) is 0 Å². The number of thioether (sulfide) groups is 1. The van der Waals surface area contributed by atoms with Crippen molar-refractivity contribution in [2.75, 3.05) is 0 Å². The number of nitrogens with zero attached hydrogens (tertiary/aromatic N) is 1. The maximum atomic E-state index is 13.2. The molecule has 0 spiro atoms. The van der Waals surface area contributed by atoms with Crippen LogP contribution in [0.5, 0.6) is 0 Å². The lowest BCUT2D eigenvalue weighted by Crippen LogP contribution is -2.06. The average molecular weight is 392 g/mol. The molecule has 0 saturated heterocycles. The van der Waals surface area contributed by atoms with E-state index in [1.807, 2.05) is 0 Å². The van der Waals surface area contributed by atoms with Gasteiger partial charge >= 0.3 is 5.38 Å². The fourth-order valence-corrected chi connectivity index (χ4v) is 2.86. The molecular formula is C13H8Cl2F5NOS. The van der Waals surface area contributed by atoms with Crippen LogP contribution in [0.25, 0.3) is 11.3 Å². The van der Waals surface area contributed by atoms with Crippen LogP contribution in [0.4, 0.5) is 22.0 Å². The van der Waals surface area contributed by atoms with Crippen molar-refractivity contribution in [2.45, 2.75) is 29.1 Å². The van der Waals surface area contributed by atoms with Gasteiger partial charge < -0.3 is 4.52 Å². The van der Waals surface area contributed by atoms with Crippen molar-refractivity contribution < 1.29 is 26.5 Å². The van der Waals surface area contributed by atoms with Gasteiger partial charge in [0, 0.05) is 16.5 Å². The third-order valence-electron chi connectivity index (χ3n) is 2.77.